The van der Waals surface area contributed by atoms with E-state index in [1.165, 1.54) is 0 Å². The third-order valence-electron chi connectivity index (χ3n) is 3.29. The Bertz CT molecular complexity index is 727. The highest BCUT2D eigenvalue weighted by Gasteiger charge is 2.15. The van der Waals surface area contributed by atoms with E-state index in [4.69, 9.17) is 5.73 Å². The van der Waals surface area contributed by atoms with Gasteiger partial charge in [-0.15, -0.1) is 0 Å². The van der Waals surface area contributed by atoms with Crippen LogP contribution in [0.4, 0.5) is 0 Å². The van der Waals surface area contributed by atoms with Crippen molar-refractivity contribution in [2.75, 3.05) is 0 Å². The van der Waals surface area contributed by atoms with E-state index >= 15 is 0 Å². The first-order valence-corrected chi connectivity index (χ1v) is 8.13. The number of nitrogens with two attached hydrogens (primary N) is 1. The molecule has 0 bridgehead atoms. The van der Waals surface area contributed by atoms with Crippen molar-refractivity contribution in [2.24, 2.45) is 5.73 Å². The molecule has 1 aromatic heterocycles. The Morgan fingerprint density at radius 3 is 2.76 bits per heavy atom. The average Bonchev–Trinajstić information content (AvgIpc) is 2.46. The maximum absolute atomic E-state index is 12.3. The highest BCUT2D eigenvalue weighted by Crippen LogP contribution is 2.16. The van der Waals surface area contributed by atoms with Crippen molar-refractivity contribution < 1.29 is 8.42 Å². The van der Waals surface area contributed by atoms with Crippen LogP contribution in [0.3, 0.4) is 0 Å². The molecule has 0 spiro atoms. The topological polar surface area (TPSA) is 85.1 Å². The second-order valence-corrected chi connectivity index (χ2v) is 6.75. The number of nitrogens with one attached hydrogen (secondary N) is 1. The molecule has 0 fully saturated rings. The van der Waals surface area contributed by atoms with Crippen LogP contribution in [0.1, 0.15) is 29.7 Å². The molecule has 0 saturated heterocycles. The summed E-state index contributed by atoms with van der Waals surface area (Å²) in [5, 5.41) is 0. The van der Waals surface area contributed by atoms with Crippen LogP contribution in [0.5, 0.6) is 0 Å². The first-order valence-electron chi connectivity index (χ1n) is 6.65. The van der Waals surface area contributed by atoms with Gasteiger partial charge in [0.2, 0.25) is 10.0 Å². The van der Waals surface area contributed by atoms with Gasteiger partial charge in [0.05, 0.1) is 4.90 Å². The maximum Gasteiger partial charge on any atom is 0.240 e. The van der Waals surface area contributed by atoms with Crippen LogP contribution in [-0.2, 0) is 16.6 Å². The van der Waals surface area contributed by atoms with Crippen LogP contribution >= 0.6 is 0 Å². The number of rotatable bonds is 5. The zero-order valence-corrected chi connectivity index (χ0v) is 12.9. The minimum absolute atomic E-state index is 0.208. The standard InChI is InChI=1S/C15H19N3O2S/c1-11-6-7-17-9-14(11)10-18-21(19,20)15-5-3-4-13(8-15)12(2)16/h3-9,12,18H,10,16H2,1-2H3. The van der Waals surface area contributed by atoms with Crippen molar-refractivity contribution in [3.63, 3.8) is 0 Å². The van der Waals surface area contributed by atoms with Gasteiger partial charge in [0.15, 0.2) is 0 Å². The van der Waals surface area contributed by atoms with Crippen molar-refractivity contribution in [3.8, 4) is 0 Å². The van der Waals surface area contributed by atoms with Gasteiger partial charge >= 0.3 is 0 Å². The number of benzene rings is 1. The Morgan fingerprint density at radius 1 is 1.33 bits per heavy atom. The summed E-state index contributed by atoms with van der Waals surface area (Å²) in [6.45, 7) is 3.95. The Labute approximate surface area is 125 Å². The molecule has 0 amide bonds. The molecule has 0 aliphatic heterocycles. The molecule has 112 valence electrons. The summed E-state index contributed by atoms with van der Waals surface area (Å²) in [5.74, 6) is 0. The predicted octanol–water partition coefficient (Wildman–Crippen LogP) is 1.89. The lowest BCUT2D eigenvalue weighted by atomic mass is 10.1. The normalized spacial score (nSPS) is 13.1. The van der Waals surface area contributed by atoms with E-state index in [0.29, 0.717) is 0 Å². The number of nitrogens with zero attached hydrogens (tertiary/aromatic N) is 1. The van der Waals surface area contributed by atoms with Crippen LogP contribution in [0, 0.1) is 6.92 Å². The molecule has 6 heteroatoms. The monoisotopic (exact) mass is 305 g/mol. The fourth-order valence-electron chi connectivity index (χ4n) is 1.90. The number of hydrogen-bond acceptors (Lipinski definition) is 4. The Morgan fingerprint density at radius 2 is 2.10 bits per heavy atom. The molecule has 0 radical (unpaired) electrons. The second-order valence-electron chi connectivity index (χ2n) is 4.99. The minimum Gasteiger partial charge on any atom is -0.324 e. The van der Waals surface area contributed by atoms with E-state index in [-0.39, 0.29) is 17.5 Å². The quantitative estimate of drug-likeness (QED) is 0.883. The van der Waals surface area contributed by atoms with Gasteiger partial charge in [-0.2, -0.15) is 0 Å². The Balaban J connectivity index is 2.19. The predicted molar refractivity (Wildman–Crippen MR) is 82.0 cm³/mol. The molecule has 3 N–H and O–H groups in total. The molecular weight excluding hydrogens is 286 g/mol. The van der Waals surface area contributed by atoms with Gasteiger partial charge in [0, 0.05) is 25.0 Å². The zero-order valence-electron chi connectivity index (χ0n) is 12.1. The molecular formula is C15H19N3O2S. The summed E-state index contributed by atoms with van der Waals surface area (Å²) >= 11 is 0. The van der Waals surface area contributed by atoms with Crippen molar-refractivity contribution in [1.82, 2.24) is 9.71 Å². The first kappa shape index (κ1) is 15.6. The van der Waals surface area contributed by atoms with Gasteiger partial charge in [-0.1, -0.05) is 12.1 Å². The van der Waals surface area contributed by atoms with Crippen molar-refractivity contribution in [2.45, 2.75) is 31.3 Å². The zero-order chi connectivity index (χ0) is 15.5. The SMILES string of the molecule is Cc1ccncc1CNS(=O)(=O)c1cccc(C(C)N)c1. The van der Waals surface area contributed by atoms with Gasteiger partial charge < -0.3 is 5.73 Å². The van der Waals surface area contributed by atoms with Gasteiger partial charge in [-0.05, 0) is 48.7 Å². The molecule has 21 heavy (non-hydrogen) atoms. The molecule has 1 aromatic carbocycles. The van der Waals surface area contributed by atoms with Crippen LogP contribution in [-0.4, -0.2) is 13.4 Å². The van der Waals surface area contributed by atoms with E-state index in [1.54, 1.807) is 30.6 Å². The lowest BCUT2D eigenvalue weighted by Gasteiger charge is -2.11. The van der Waals surface area contributed by atoms with E-state index < -0.39 is 10.0 Å². The van der Waals surface area contributed by atoms with E-state index in [1.807, 2.05) is 26.0 Å². The van der Waals surface area contributed by atoms with Crippen LogP contribution in [0.25, 0.3) is 0 Å². The third kappa shape index (κ3) is 3.87. The van der Waals surface area contributed by atoms with E-state index in [0.717, 1.165) is 16.7 Å². The summed E-state index contributed by atoms with van der Waals surface area (Å²) < 4.78 is 27.2. The number of aromatic nitrogens is 1. The van der Waals surface area contributed by atoms with Crippen LogP contribution < -0.4 is 10.5 Å². The summed E-state index contributed by atoms with van der Waals surface area (Å²) in [5.41, 5.74) is 8.42. The lowest BCUT2D eigenvalue weighted by Crippen LogP contribution is -2.24. The molecule has 1 unspecified atom stereocenters. The summed E-state index contributed by atoms with van der Waals surface area (Å²) in [4.78, 5) is 4.23. The van der Waals surface area contributed by atoms with E-state index in [2.05, 4.69) is 9.71 Å². The highest BCUT2D eigenvalue weighted by molar-refractivity contribution is 7.89. The largest absolute Gasteiger partial charge is 0.324 e. The summed E-state index contributed by atoms with van der Waals surface area (Å²) in [6, 6.07) is 8.31. The van der Waals surface area contributed by atoms with Crippen molar-refractivity contribution in [1.29, 1.82) is 0 Å². The van der Waals surface area contributed by atoms with Gasteiger partial charge in [0.1, 0.15) is 0 Å². The fourth-order valence-corrected chi connectivity index (χ4v) is 2.96. The highest BCUT2D eigenvalue weighted by atomic mass is 32.2. The van der Waals surface area contributed by atoms with Crippen molar-refractivity contribution >= 4 is 10.0 Å². The van der Waals surface area contributed by atoms with Gasteiger partial charge in [-0.3, -0.25) is 4.98 Å². The maximum atomic E-state index is 12.3. The number of pyridine rings is 1. The van der Waals surface area contributed by atoms with E-state index in [9.17, 15) is 8.42 Å². The second kappa shape index (κ2) is 6.34. The molecule has 1 heterocycles. The average molecular weight is 305 g/mol. The van der Waals surface area contributed by atoms with Crippen molar-refractivity contribution in [3.05, 3.63) is 59.4 Å². The fraction of sp³-hybridized carbons (Fsp3) is 0.267. The van der Waals surface area contributed by atoms with Crippen LogP contribution in [0.2, 0.25) is 0 Å². The molecule has 5 nitrogen and oxygen atoms in total. The number of hydrogen-bond donors (Lipinski definition) is 2. The molecule has 2 rings (SSSR count). The molecule has 0 aliphatic carbocycles. The molecule has 0 aliphatic rings. The van der Waals surface area contributed by atoms with Gasteiger partial charge in [0.25, 0.3) is 0 Å². The summed E-state index contributed by atoms with van der Waals surface area (Å²) in [7, 11) is -3.56. The summed E-state index contributed by atoms with van der Waals surface area (Å²) in [6.07, 6.45) is 3.34. The number of aryl methyl sites for hydroxylation is 1. The third-order valence-corrected chi connectivity index (χ3v) is 4.69. The minimum atomic E-state index is -3.56. The molecule has 2 aromatic rings. The molecule has 1 atom stereocenters. The Kier molecular flexibility index (Phi) is 4.72. The first-order chi connectivity index (χ1) is 9.90. The van der Waals surface area contributed by atoms with Crippen LogP contribution in [0.15, 0.2) is 47.6 Å². The Hall–Kier alpha value is -1.76. The molecule has 0 saturated carbocycles. The smallest absolute Gasteiger partial charge is 0.240 e. The number of sulfonamides is 1. The lowest BCUT2D eigenvalue weighted by molar-refractivity contribution is 0.581. The van der Waals surface area contributed by atoms with Gasteiger partial charge in [-0.25, -0.2) is 13.1 Å².